The predicted octanol–water partition coefficient (Wildman–Crippen LogP) is 8.00. The van der Waals surface area contributed by atoms with Crippen molar-refractivity contribution in [3.63, 3.8) is 0 Å². The highest BCUT2D eigenvalue weighted by Crippen LogP contribution is 2.39. The van der Waals surface area contributed by atoms with Crippen LogP contribution in [0.1, 0.15) is 104 Å². The third-order valence-corrected chi connectivity index (χ3v) is 4.46. The molecule has 0 saturated carbocycles. The molecule has 27 heavy (non-hydrogen) atoms. The maximum Gasteiger partial charge on any atom is 0.453 e. The second kappa shape index (κ2) is 16.1. The number of carbonyl (C=O) groups is 1. The Morgan fingerprint density at radius 1 is 0.778 bits per heavy atom. The summed E-state index contributed by atoms with van der Waals surface area (Å²) in [6, 6.07) is 0. The van der Waals surface area contributed by atoms with Gasteiger partial charge >= 0.3 is 18.1 Å². The van der Waals surface area contributed by atoms with Crippen molar-refractivity contribution in [3.8, 4) is 0 Å². The Morgan fingerprint density at radius 3 is 1.59 bits per heavy atom. The Kier molecular flexibility index (Phi) is 16.9. The van der Waals surface area contributed by atoms with E-state index < -0.39 is 36.8 Å². The van der Waals surface area contributed by atoms with Crippen LogP contribution in [0.4, 0.5) is 22.0 Å². The van der Waals surface area contributed by atoms with E-state index in [1.165, 1.54) is 25.7 Å². The average Bonchev–Trinajstić information content (AvgIpc) is 2.59. The quantitative estimate of drug-likeness (QED) is 0.222. The summed E-state index contributed by atoms with van der Waals surface area (Å²) in [6.45, 7) is 6.16. The lowest BCUT2D eigenvalue weighted by molar-refractivity contribution is -0.284. The lowest BCUT2D eigenvalue weighted by Crippen LogP contribution is -2.36. The zero-order chi connectivity index (χ0) is 21.3. The Labute approximate surface area is 160 Å². The van der Waals surface area contributed by atoms with Gasteiger partial charge in [-0.1, -0.05) is 78.6 Å². The van der Waals surface area contributed by atoms with Gasteiger partial charge in [-0.25, -0.2) is 0 Å². The van der Waals surface area contributed by atoms with Crippen molar-refractivity contribution in [2.45, 2.75) is 116 Å². The first-order valence-corrected chi connectivity index (χ1v) is 10.3. The Hall–Kier alpha value is -0.880. The largest absolute Gasteiger partial charge is 0.481 e. The van der Waals surface area contributed by atoms with Crippen LogP contribution < -0.4 is 0 Å². The van der Waals surface area contributed by atoms with Crippen molar-refractivity contribution in [1.82, 2.24) is 0 Å². The molecule has 1 N–H and O–H groups in total. The summed E-state index contributed by atoms with van der Waals surface area (Å²) in [5.41, 5.74) is 0. The highest BCUT2D eigenvalue weighted by molar-refractivity contribution is 5.69. The van der Waals surface area contributed by atoms with Crippen molar-refractivity contribution in [2.75, 3.05) is 0 Å². The molecule has 1 unspecified atom stereocenters. The van der Waals surface area contributed by atoms with E-state index in [0.717, 1.165) is 25.7 Å². The van der Waals surface area contributed by atoms with Crippen LogP contribution in [-0.4, -0.2) is 23.2 Å². The number of hydrogen-bond donors (Lipinski definition) is 1. The first-order chi connectivity index (χ1) is 12.6. The van der Waals surface area contributed by atoms with Gasteiger partial charge < -0.3 is 5.11 Å². The van der Waals surface area contributed by atoms with Gasteiger partial charge in [-0.05, 0) is 19.3 Å². The fraction of sp³-hybridized carbons (Fsp3) is 0.950. The number of carboxylic acids is 1. The molecule has 1 atom stereocenters. The van der Waals surface area contributed by atoms with Gasteiger partial charge in [0.25, 0.3) is 0 Å². The van der Waals surface area contributed by atoms with Gasteiger partial charge in [0, 0.05) is 6.42 Å². The van der Waals surface area contributed by atoms with Crippen LogP contribution in [0.3, 0.4) is 0 Å². The minimum Gasteiger partial charge on any atom is -0.481 e. The first-order valence-electron chi connectivity index (χ1n) is 10.3. The van der Waals surface area contributed by atoms with Crippen LogP contribution in [-0.2, 0) is 4.79 Å². The molecule has 0 aromatic carbocycles. The summed E-state index contributed by atoms with van der Waals surface area (Å²) in [5, 5.41) is 9.08. The molecule has 0 bridgehead atoms. The highest BCUT2D eigenvalue weighted by atomic mass is 19.4. The SMILES string of the molecule is CC.CCCCCCCCCCCC(CCCC(F)(F)C(F)(F)F)C(=O)O. The molecule has 0 fully saturated rings. The van der Waals surface area contributed by atoms with Gasteiger partial charge in [0.2, 0.25) is 0 Å². The number of aliphatic carboxylic acids is 1. The summed E-state index contributed by atoms with van der Waals surface area (Å²) in [5.74, 6) is -6.70. The minimum absolute atomic E-state index is 0.141. The van der Waals surface area contributed by atoms with Crippen LogP contribution >= 0.6 is 0 Å². The third kappa shape index (κ3) is 14.8. The Morgan fingerprint density at radius 2 is 1.19 bits per heavy atom. The third-order valence-electron chi connectivity index (χ3n) is 4.46. The molecule has 164 valence electrons. The summed E-state index contributed by atoms with van der Waals surface area (Å²) in [7, 11) is 0. The molecule has 7 heteroatoms. The van der Waals surface area contributed by atoms with E-state index in [0.29, 0.717) is 12.8 Å². The van der Waals surface area contributed by atoms with Crippen LogP contribution in [0, 0.1) is 5.92 Å². The molecule has 0 aliphatic heterocycles. The molecule has 0 aromatic rings. The maximum absolute atomic E-state index is 12.8. The topological polar surface area (TPSA) is 37.3 Å². The fourth-order valence-corrected chi connectivity index (χ4v) is 2.80. The van der Waals surface area contributed by atoms with E-state index in [2.05, 4.69) is 6.92 Å². The minimum atomic E-state index is -5.57. The first kappa shape index (κ1) is 28.3. The smallest absolute Gasteiger partial charge is 0.453 e. The molecule has 0 aliphatic carbocycles. The van der Waals surface area contributed by atoms with Crippen molar-refractivity contribution >= 4 is 5.97 Å². The number of halogens is 5. The molecule has 0 aliphatic rings. The zero-order valence-electron chi connectivity index (χ0n) is 17.0. The molecular formula is C20H37F5O2. The number of hydrogen-bond acceptors (Lipinski definition) is 1. The van der Waals surface area contributed by atoms with Gasteiger partial charge in [-0.2, -0.15) is 22.0 Å². The number of rotatable bonds is 15. The van der Waals surface area contributed by atoms with Crippen LogP contribution in [0.2, 0.25) is 0 Å². The maximum atomic E-state index is 12.8. The molecule has 0 rings (SSSR count). The van der Waals surface area contributed by atoms with Crippen LogP contribution in [0.15, 0.2) is 0 Å². The lowest BCUT2D eigenvalue weighted by atomic mass is 9.94. The Balaban J connectivity index is 0. The van der Waals surface area contributed by atoms with Crippen LogP contribution in [0.5, 0.6) is 0 Å². The predicted molar refractivity (Wildman–Crippen MR) is 99.2 cm³/mol. The monoisotopic (exact) mass is 404 g/mol. The van der Waals surface area contributed by atoms with Crippen molar-refractivity contribution in [1.29, 1.82) is 0 Å². The standard InChI is InChI=1S/C18H31F5O2.C2H6/c1-2-3-4-5-6-7-8-9-10-12-15(16(24)25)13-11-14-17(19,20)18(21,22)23;1-2/h15H,2-14H2,1H3,(H,24,25);1-2H3. The van der Waals surface area contributed by atoms with Gasteiger partial charge in [-0.15, -0.1) is 0 Å². The fourth-order valence-electron chi connectivity index (χ4n) is 2.80. The zero-order valence-corrected chi connectivity index (χ0v) is 17.0. The van der Waals surface area contributed by atoms with Gasteiger partial charge in [0.15, 0.2) is 0 Å². The number of unbranched alkanes of at least 4 members (excludes halogenated alkanes) is 8. The summed E-state index contributed by atoms with van der Waals surface area (Å²) < 4.78 is 61.8. The number of carboxylic acid groups (broad SMARTS) is 1. The van der Waals surface area contributed by atoms with E-state index >= 15 is 0 Å². The van der Waals surface area contributed by atoms with E-state index in [9.17, 15) is 26.7 Å². The van der Waals surface area contributed by atoms with Gasteiger partial charge in [0.1, 0.15) is 0 Å². The molecule has 0 radical (unpaired) electrons. The van der Waals surface area contributed by atoms with Crippen molar-refractivity contribution in [3.05, 3.63) is 0 Å². The molecular weight excluding hydrogens is 367 g/mol. The molecule has 0 amide bonds. The van der Waals surface area contributed by atoms with E-state index in [4.69, 9.17) is 5.11 Å². The van der Waals surface area contributed by atoms with Crippen molar-refractivity contribution < 1.29 is 31.9 Å². The molecule has 0 heterocycles. The average molecular weight is 405 g/mol. The van der Waals surface area contributed by atoms with Gasteiger partial charge in [0.05, 0.1) is 5.92 Å². The molecule has 0 saturated heterocycles. The van der Waals surface area contributed by atoms with Crippen LogP contribution in [0.25, 0.3) is 0 Å². The van der Waals surface area contributed by atoms with E-state index in [1.54, 1.807) is 0 Å². The summed E-state index contributed by atoms with van der Waals surface area (Å²) in [6.07, 6.45) is 2.53. The number of alkyl halides is 5. The Bertz CT molecular complexity index is 357. The van der Waals surface area contributed by atoms with E-state index in [-0.39, 0.29) is 6.42 Å². The summed E-state index contributed by atoms with van der Waals surface area (Å²) in [4.78, 5) is 11.1. The molecule has 2 nitrogen and oxygen atoms in total. The lowest BCUT2D eigenvalue weighted by Gasteiger charge is -2.20. The van der Waals surface area contributed by atoms with Gasteiger partial charge in [-0.3, -0.25) is 4.79 Å². The highest BCUT2D eigenvalue weighted by Gasteiger charge is 2.56. The molecule has 0 aromatic heterocycles. The normalized spacial score (nSPS) is 13.0. The van der Waals surface area contributed by atoms with Crippen molar-refractivity contribution in [2.24, 2.45) is 5.92 Å². The van der Waals surface area contributed by atoms with E-state index in [1.807, 2.05) is 13.8 Å². The second-order valence-electron chi connectivity index (χ2n) is 6.75. The molecule has 0 spiro atoms. The second-order valence-corrected chi connectivity index (χ2v) is 6.75. The summed E-state index contributed by atoms with van der Waals surface area (Å²) >= 11 is 0.